The van der Waals surface area contributed by atoms with E-state index in [0.29, 0.717) is 0 Å². The summed E-state index contributed by atoms with van der Waals surface area (Å²) in [6, 6.07) is 9.39. The van der Waals surface area contributed by atoms with Crippen molar-refractivity contribution in [2.45, 2.75) is 32.7 Å². The molecule has 1 nitrogen and oxygen atoms in total. The summed E-state index contributed by atoms with van der Waals surface area (Å²) in [7, 11) is 1.86. The molecule has 1 rings (SSSR count). The zero-order chi connectivity index (χ0) is 12.6. The van der Waals surface area contributed by atoms with Gasteiger partial charge in [0.1, 0.15) is 0 Å². The summed E-state index contributed by atoms with van der Waals surface area (Å²) in [5.74, 6) is 0. The Hall–Kier alpha value is -0.386. The molecule has 0 aromatic heterocycles. The van der Waals surface area contributed by atoms with E-state index in [9.17, 15) is 0 Å². The zero-order valence-electron chi connectivity index (χ0n) is 11.8. The molecule has 0 amide bonds. The molecule has 0 radical (unpaired) electrons. The molecule has 90 valence electrons. The Morgan fingerprint density at radius 3 is 1.44 bits per heavy atom. The van der Waals surface area contributed by atoms with Crippen molar-refractivity contribution in [2.24, 2.45) is 0 Å². The third kappa shape index (κ3) is 2.84. The summed E-state index contributed by atoms with van der Waals surface area (Å²) in [5.41, 5.74) is 0. The first kappa shape index (κ1) is 13.7. The van der Waals surface area contributed by atoms with Crippen LogP contribution in [0.15, 0.2) is 24.3 Å². The molecule has 0 fully saturated rings. The van der Waals surface area contributed by atoms with Gasteiger partial charge in [-0.05, 0) is 19.3 Å². The van der Waals surface area contributed by atoms with Gasteiger partial charge in [0.2, 0.25) is 0 Å². The average molecular weight is 252 g/mol. The van der Waals surface area contributed by atoms with Crippen molar-refractivity contribution < 1.29 is 0 Å². The van der Waals surface area contributed by atoms with Crippen molar-refractivity contribution >= 4 is 26.7 Å². The highest BCUT2D eigenvalue weighted by Crippen LogP contribution is 2.07. The van der Waals surface area contributed by atoms with Gasteiger partial charge in [-0.25, -0.2) is 0 Å². The van der Waals surface area contributed by atoms with Crippen LogP contribution in [0.1, 0.15) is 0 Å². The van der Waals surface area contributed by atoms with Crippen LogP contribution in [-0.2, 0) is 0 Å². The van der Waals surface area contributed by atoms with E-state index in [2.05, 4.69) is 75.7 Å². The molecule has 0 aliphatic rings. The van der Waals surface area contributed by atoms with E-state index in [-0.39, 0.29) is 0 Å². The van der Waals surface area contributed by atoms with E-state index in [1.54, 1.807) is 5.19 Å². The lowest BCUT2D eigenvalue weighted by Gasteiger charge is -2.31. The standard InChI is InChI=1S/C13H25NSi2/c1-14(2)16(6,7)13-10-8-12(9-11-13)15(3,4)5/h8-11H,1-7H3. The Labute approximate surface area is 103 Å². The first-order chi connectivity index (χ1) is 7.15. The monoisotopic (exact) mass is 251 g/mol. The predicted octanol–water partition coefficient (Wildman–Crippen LogP) is 2.21. The maximum Gasteiger partial charge on any atom is 0.153 e. The van der Waals surface area contributed by atoms with E-state index in [4.69, 9.17) is 0 Å². The summed E-state index contributed by atoms with van der Waals surface area (Å²) >= 11 is 0. The van der Waals surface area contributed by atoms with Gasteiger partial charge < -0.3 is 4.57 Å². The van der Waals surface area contributed by atoms with E-state index < -0.39 is 16.3 Å². The minimum atomic E-state index is -1.39. The lowest BCUT2D eigenvalue weighted by atomic mass is 10.4. The minimum Gasteiger partial charge on any atom is -0.326 e. The Morgan fingerprint density at radius 1 is 0.750 bits per heavy atom. The van der Waals surface area contributed by atoms with Crippen molar-refractivity contribution in [3.8, 4) is 0 Å². The van der Waals surface area contributed by atoms with Crippen molar-refractivity contribution in [3.63, 3.8) is 0 Å². The predicted molar refractivity (Wildman–Crippen MR) is 80.2 cm³/mol. The Kier molecular flexibility index (Phi) is 3.82. The summed E-state index contributed by atoms with van der Waals surface area (Å²) in [4.78, 5) is 0. The first-order valence-electron chi connectivity index (χ1n) is 5.94. The second-order valence-corrected chi connectivity index (χ2v) is 15.9. The largest absolute Gasteiger partial charge is 0.326 e. The summed E-state index contributed by atoms with van der Waals surface area (Å²) in [6.07, 6.45) is 0. The van der Waals surface area contributed by atoms with Gasteiger partial charge >= 0.3 is 0 Å². The van der Waals surface area contributed by atoms with Crippen LogP contribution >= 0.6 is 0 Å². The molecule has 16 heavy (non-hydrogen) atoms. The summed E-state index contributed by atoms with van der Waals surface area (Å²) in [6.45, 7) is 12.0. The number of nitrogens with zero attached hydrogens (tertiary/aromatic N) is 1. The number of hydrogen-bond acceptors (Lipinski definition) is 1. The molecule has 1 aromatic carbocycles. The lowest BCUT2D eigenvalue weighted by Crippen LogP contribution is -2.54. The number of rotatable bonds is 3. The summed E-state index contributed by atoms with van der Waals surface area (Å²) in [5, 5.41) is 3.08. The van der Waals surface area contributed by atoms with Gasteiger partial charge in [-0.3, -0.25) is 0 Å². The lowest BCUT2D eigenvalue weighted by molar-refractivity contribution is 0.633. The van der Waals surface area contributed by atoms with Crippen LogP contribution in [-0.4, -0.2) is 35.0 Å². The topological polar surface area (TPSA) is 3.24 Å². The third-order valence-electron chi connectivity index (χ3n) is 3.58. The van der Waals surface area contributed by atoms with Crippen molar-refractivity contribution in [2.75, 3.05) is 14.1 Å². The van der Waals surface area contributed by atoms with Crippen molar-refractivity contribution in [1.29, 1.82) is 0 Å². The molecule has 1 aromatic rings. The Morgan fingerprint density at radius 2 is 1.12 bits per heavy atom. The quantitative estimate of drug-likeness (QED) is 0.745. The van der Waals surface area contributed by atoms with Crippen LogP contribution in [0.5, 0.6) is 0 Å². The van der Waals surface area contributed by atoms with Gasteiger partial charge in [0.05, 0.1) is 8.07 Å². The molecule has 0 saturated carbocycles. The van der Waals surface area contributed by atoms with Gasteiger partial charge in [0.25, 0.3) is 0 Å². The van der Waals surface area contributed by atoms with Crippen molar-refractivity contribution in [3.05, 3.63) is 24.3 Å². The summed E-state index contributed by atoms with van der Waals surface area (Å²) < 4.78 is 2.40. The molecule has 0 bridgehead atoms. The van der Waals surface area contributed by atoms with E-state index in [1.165, 1.54) is 5.19 Å². The molecule has 0 aliphatic heterocycles. The minimum absolute atomic E-state index is 1.14. The second-order valence-electron chi connectivity index (χ2n) is 6.28. The van der Waals surface area contributed by atoms with Gasteiger partial charge in [0.15, 0.2) is 8.24 Å². The van der Waals surface area contributed by atoms with Crippen LogP contribution in [0.2, 0.25) is 32.7 Å². The molecule has 0 saturated heterocycles. The van der Waals surface area contributed by atoms with Gasteiger partial charge in [-0.1, -0.05) is 62.2 Å². The first-order valence-corrected chi connectivity index (χ1v) is 12.4. The molecule has 0 N–H and O–H groups in total. The normalized spacial score (nSPS) is 13.2. The fraction of sp³-hybridized carbons (Fsp3) is 0.538. The molecule has 0 atom stereocenters. The average Bonchev–Trinajstić information content (AvgIpc) is 2.16. The number of benzene rings is 1. The van der Waals surface area contributed by atoms with E-state index in [1.807, 2.05) is 0 Å². The second kappa shape index (κ2) is 4.47. The highest BCUT2D eigenvalue weighted by atomic mass is 28.3. The maximum absolute atomic E-state index is 2.40. The van der Waals surface area contributed by atoms with Gasteiger partial charge in [-0.15, -0.1) is 0 Å². The number of hydrogen-bond donors (Lipinski definition) is 0. The van der Waals surface area contributed by atoms with E-state index in [0.717, 1.165) is 0 Å². The maximum atomic E-state index is 2.40. The highest BCUT2D eigenvalue weighted by molar-refractivity contribution is 6.89. The van der Waals surface area contributed by atoms with Crippen LogP contribution in [0.4, 0.5) is 0 Å². The Balaban J connectivity index is 3.05. The smallest absolute Gasteiger partial charge is 0.153 e. The van der Waals surface area contributed by atoms with Crippen molar-refractivity contribution in [1.82, 2.24) is 4.57 Å². The molecule has 0 spiro atoms. The van der Waals surface area contributed by atoms with Crippen LogP contribution < -0.4 is 10.4 Å². The third-order valence-corrected chi connectivity index (χ3v) is 9.62. The fourth-order valence-electron chi connectivity index (χ4n) is 1.64. The van der Waals surface area contributed by atoms with E-state index >= 15 is 0 Å². The molecular weight excluding hydrogens is 226 g/mol. The molecular formula is C13H25NSi2. The molecule has 3 heteroatoms. The van der Waals surface area contributed by atoms with Crippen LogP contribution in [0.3, 0.4) is 0 Å². The van der Waals surface area contributed by atoms with Crippen LogP contribution in [0.25, 0.3) is 0 Å². The molecule has 0 heterocycles. The molecule has 0 unspecified atom stereocenters. The molecule has 0 aliphatic carbocycles. The highest BCUT2D eigenvalue weighted by Gasteiger charge is 2.26. The Bertz CT molecular complexity index is 347. The van der Waals surface area contributed by atoms with Gasteiger partial charge in [0, 0.05) is 0 Å². The van der Waals surface area contributed by atoms with Crippen LogP contribution in [0, 0.1) is 0 Å². The zero-order valence-corrected chi connectivity index (χ0v) is 13.8. The van der Waals surface area contributed by atoms with Gasteiger partial charge in [-0.2, -0.15) is 0 Å². The fourth-order valence-corrected chi connectivity index (χ4v) is 4.30. The SMILES string of the molecule is CN(C)[Si](C)(C)c1ccc([Si](C)(C)C)cc1.